The van der Waals surface area contributed by atoms with Crippen LogP contribution in [0.25, 0.3) is 0 Å². The molecule has 5 aliphatic rings. The predicted molar refractivity (Wildman–Crippen MR) is 117 cm³/mol. The van der Waals surface area contributed by atoms with Crippen LogP contribution in [0.3, 0.4) is 0 Å². The molecule has 4 saturated carbocycles. The molecule has 0 spiro atoms. The molecule has 0 atom stereocenters. The van der Waals surface area contributed by atoms with Crippen molar-refractivity contribution in [1.29, 1.82) is 0 Å². The third-order valence-electron chi connectivity index (χ3n) is 7.73. The first-order chi connectivity index (χ1) is 15.1. The molecule has 0 unspecified atom stereocenters. The van der Waals surface area contributed by atoms with Crippen LogP contribution in [0.5, 0.6) is 0 Å². The Hall–Kier alpha value is -2.35. The summed E-state index contributed by atoms with van der Waals surface area (Å²) in [6.07, 6.45) is 9.89. The first kappa shape index (κ1) is 19.3. The van der Waals surface area contributed by atoms with Crippen molar-refractivity contribution in [2.75, 3.05) is 18.4 Å². The molecule has 8 heteroatoms. The van der Waals surface area contributed by atoms with Crippen LogP contribution in [0.4, 0.5) is 5.13 Å². The zero-order valence-electron chi connectivity index (χ0n) is 17.5. The van der Waals surface area contributed by atoms with Gasteiger partial charge in [-0.1, -0.05) is 17.4 Å². The highest BCUT2D eigenvalue weighted by atomic mass is 32.1. The van der Waals surface area contributed by atoms with E-state index in [0.717, 1.165) is 48.7 Å². The molecule has 1 aliphatic heterocycles. The molecule has 4 bridgehead atoms. The second-order valence-corrected chi connectivity index (χ2v) is 10.9. The summed E-state index contributed by atoms with van der Waals surface area (Å²) in [4.78, 5) is 31.5. The number of nitrogens with one attached hydrogen (secondary N) is 1. The Morgan fingerprint density at radius 2 is 1.61 bits per heavy atom. The molecule has 5 fully saturated rings. The van der Waals surface area contributed by atoms with Crippen LogP contribution < -0.4 is 5.32 Å². The van der Waals surface area contributed by atoms with E-state index in [9.17, 15) is 9.59 Å². The van der Waals surface area contributed by atoms with E-state index in [1.54, 1.807) is 23.1 Å². The number of pyridine rings is 1. The molecule has 2 aromatic rings. The number of carbonyl (C=O) groups excluding carboxylic acids is 2. The maximum Gasteiger partial charge on any atom is 0.276 e. The number of anilines is 1. The molecule has 0 radical (unpaired) electrons. The van der Waals surface area contributed by atoms with Crippen molar-refractivity contribution in [2.24, 2.45) is 17.8 Å². The minimum Gasteiger partial charge on any atom is -0.337 e. The SMILES string of the molecule is O=C(Nc1nnc(C23CC4CC(CC(C4)C2)C3)s1)c1cccc(C(=O)N2CCCC2)n1. The minimum atomic E-state index is -0.343. The summed E-state index contributed by atoms with van der Waals surface area (Å²) in [5.41, 5.74) is 0.730. The van der Waals surface area contributed by atoms with E-state index in [-0.39, 0.29) is 22.9 Å². The van der Waals surface area contributed by atoms with Gasteiger partial charge in [0.2, 0.25) is 5.13 Å². The topological polar surface area (TPSA) is 88.1 Å². The van der Waals surface area contributed by atoms with Crippen LogP contribution in [0.15, 0.2) is 18.2 Å². The van der Waals surface area contributed by atoms with E-state index in [2.05, 4.69) is 20.5 Å². The first-order valence-electron chi connectivity index (χ1n) is 11.5. The van der Waals surface area contributed by atoms with Crippen molar-refractivity contribution in [2.45, 2.75) is 56.8 Å². The number of amides is 2. The molecule has 162 valence electrons. The molecule has 1 N–H and O–H groups in total. The van der Waals surface area contributed by atoms with Crippen LogP contribution in [0.1, 0.15) is 77.4 Å². The standard InChI is InChI=1S/C23H27N5O2S/c29-19(17-4-3-5-18(24-17)20(30)28-6-1-2-7-28)25-22-27-26-21(31-22)23-11-14-8-15(12-23)10-16(9-14)13-23/h3-5,14-16H,1-2,6-13H2,(H,25,27,29). The summed E-state index contributed by atoms with van der Waals surface area (Å²) in [7, 11) is 0. The second-order valence-electron chi connectivity index (χ2n) is 9.97. The summed E-state index contributed by atoms with van der Waals surface area (Å²) in [6.45, 7) is 1.52. The Labute approximate surface area is 185 Å². The highest BCUT2D eigenvalue weighted by Crippen LogP contribution is 2.61. The van der Waals surface area contributed by atoms with Gasteiger partial charge in [-0.15, -0.1) is 10.2 Å². The van der Waals surface area contributed by atoms with E-state index in [1.165, 1.54) is 49.9 Å². The van der Waals surface area contributed by atoms with E-state index in [1.807, 2.05) is 0 Å². The Kier molecular flexibility index (Phi) is 4.59. The Morgan fingerprint density at radius 1 is 0.968 bits per heavy atom. The molecule has 31 heavy (non-hydrogen) atoms. The van der Waals surface area contributed by atoms with Crippen molar-refractivity contribution in [3.63, 3.8) is 0 Å². The predicted octanol–water partition coefficient (Wildman–Crippen LogP) is 3.89. The van der Waals surface area contributed by atoms with Crippen LogP contribution in [-0.4, -0.2) is 45.0 Å². The lowest BCUT2D eigenvalue weighted by Crippen LogP contribution is -2.48. The number of carbonyl (C=O) groups is 2. The summed E-state index contributed by atoms with van der Waals surface area (Å²) in [5, 5.41) is 13.3. The maximum absolute atomic E-state index is 12.8. The number of likely N-dealkylation sites (tertiary alicyclic amines) is 1. The van der Waals surface area contributed by atoms with Crippen molar-refractivity contribution < 1.29 is 9.59 Å². The zero-order valence-corrected chi connectivity index (χ0v) is 18.4. The fourth-order valence-corrected chi connectivity index (χ4v) is 7.74. The molecule has 7 rings (SSSR count). The number of nitrogens with zero attached hydrogens (tertiary/aromatic N) is 4. The molecular weight excluding hydrogens is 410 g/mol. The molecule has 4 aliphatic carbocycles. The van der Waals surface area contributed by atoms with Gasteiger partial charge in [0.1, 0.15) is 16.4 Å². The largest absolute Gasteiger partial charge is 0.337 e. The molecule has 2 aromatic heterocycles. The van der Waals surface area contributed by atoms with Gasteiger partial charge in [-0.25, -0.2) is 4.98 Å². The highest BCUT2D eigenvalue weighted by Gasteiger charge is 2.53. The fourth-order valence-electron chi connectivity index (χ4n) is 6.78. The van der Waals surface area contributed by atoms with Crippen molar-refractivity contribution in [1.82, 2.24) is 20.1 Å². The average Bonchev–Trinajstić information content (AvgIpc) is 3.45. The summed E-state index contributed by atoms with van der Waals surface area (Å²) in [6, 6.07) is 5.02. The number of hydrogen-bond acceptors (Lipinski definition) is 6. The lowest BCUT2D eigenvalue weighted by atomic mass is 9.50. The Balaban J connectivity index is 1.17. The third kappa shape index (κ3) is 3.45. The third-order valence-corrected chi connectivity index (χ3v) is 8.82. The first-order valence-corrected chi connectivity index (χ1v) is 12.3. The van der Waals surface area contributed by atoms with Gasteiger partial charge in [0.05, 0.1) is 0 Å². The molecule has 1 saturated heterocycles. The van der Waals surface area contributed by atoms with E-state index >= 15 is 0 Å². The smallest absolute Gasteiger partial charge is 0.276 e. The molecule has 2 amide bonds. The van der Waals surface area contributed by atoms with Crippen LogP contribution >= 0.6 is 11.3 Å². The Bertz CT molecular complexity index is 993. The van der Waals surface area contributed by atoms with E-state index in [0.29, 0.717) is 10.8 Å². The van der Waals surface area contributed by atoms with Crippen molar-refractivity contribution in [3.8, 4) is 0 Å². The lowest BCUT2D eigenvalue weighted by molar-refractivity contribution is -0.00555. The maximum atomic E-state index is 12.8. The Morgan fingerprint density at radius 3 is 2.29 bits per heavy atom. The van der Waals surface area contributed by atoms with Gasteiger partial charge in [0.25, 0.3) is 11.8 Å². The minimum absolute atomic E-state index is 0.104. The van der Waals surface area contributed by atoms with Gasteiger partial charge in [0.15, 0.2) is 0 Å². The van der Waals surface area contributed by atoms with Gasteiger partial charge in [-0.3, -0.25) is 14.9 Å². The van der Waals surface area contributed by atoms with Gasteiger partial charge in [-0.05, 0) is 81.3 Å². The van der Waals surface area contributed by atoms with Crippen LogP contribution in [0.2, 0.25) is 0 Å². The number of hydrogen-bond donors (Lipinski definition) is 1. The molecule has 0 aromatic carbocycles. The van der Waals surface area contributed by atoms with E-state index < -0.39 is 0 Å². The lowest BCUT2D eigenvalue weighted by Gasteiger charge is -2.55. The molecule has 3 heterocycles. The average molecular weight is 438 g/mol. The van der Waals surface area contributed by atoms with E-state index in [4.69, 9.17) is 0 Å². The summed E-state index contributed by atoms with van der Waals surface area (Å²) < 4.78 is 0. The molecular formula is C23H27N5O2S. The number of rotatable bonds is 4. The van der Waals surface area contributed by atoms with Gasteiger partial charge < -0.3 is 4.90 Å². The summed E-state index contributed by atoms with van der Waals surface area (Å²) >= 11 is 1.52. The fraction of sp³-hybridized carbons (Fsp3) is 0.609. The number of aromatic nitrogens is 3. The zero-order chi connectivity index (χ0) is 21.0. The highest BCUT2D eigenvalue weighted by molar-refractivity contribution is 7.15. The van der Waals surface area contributed by atoms with Crippen molar-refractivity contribution >= 4 is 28.3 Å². The summed E-state index contributed by atoms with van der Waals surface area (Å²) in [5.74, 6) is 2.08. The quantitative estimate of drug-likeness (QED) is 0.784. The van der Waals surface area contributed by atoms with Crippen LogP contribution in [0, 0.1) is 17.8 Å². The van der Waals surface area contributed by atoms with Crippen molar-refractivity contribution in [3.05, 3.63) is 34.6 Å². The molecule has 7 nitrogen and oxygen atoms in total. The van der Waals surface area contributed by atoms with Crippen LogP contribution in [-0.2, 0) is 5.41 Å². The second kappa shape index (κ2) is 7.36. The van der Waals surface area contributed by atoms with Gasteiger partial charge in [0, 0.05) is 18.5 Å². The van der Waals surface area contributed by atoms with Gasteiger partial charge >= 0.3 is 0 Å². The normalized spacial score (nSPS) is 31.2. The monoisotopic (exact) mass is 437 g/mol. The van der Waals surface area contributed by atoms with Gasteiger partial charge in [-0.2, -0.15) is 0 Å².